The zero-order valence-electron chi connectivity index (χ0n) is 10.3. The first kappa shape index (κ1) is 14.3. The van der Waals surface area contributed by atoms with E-state index in [0.717, 1.165) is 19.3 Å². The Balaban J connectivity index is 1.91. The van der Waals surface area contributed by atoms with E-state index < -0.39 is 18.0 Å². The van der Waals surface area contributed by atoms with E-state index in [9.17, 15) is 14.3 Å². The lowest BCUT2D eigenvalue weighted by atomic mass is 9.93. The molecule has 3 N–H and O–H groups in total. The standard InChI is InChI=1S/C13H16BrFN2O2/c14-9-6-5-8(7-10(9)15)16-13(19)17-11-3-1-2-4-12(11)18/h5-7,11-12,18H,1-4H2,(H2,16,17,19). The van der Waals surface area contributed by atoms with E-state index in [0.29, 0.717) is 16.6 Å². The number of anilines is 1. The van der Waals surface area contributed by atoms with Crippen LogP contribution in [0.15, 0.2) is 22.7 Å². The molecule has 0 radical (unpaired) electrons. The molecule has 6 heteroatoms. The van der Waals surface area contributed by atoms with Crippen LogP contribution < -0.4 is 10.6 Å². The number of hydrogen-bond acceptors (Lipinski definition) is 2. The molecule has 2 unspecified atom stereocenters. The lowest BCUT2D eigenvalue weighted by Crippen LogP contribution is -2.46. The molecule has 0 spiro atoms. The first-order valence-electron chi connectivity index (χ1n) is 6.27. The number of rotatable bonds is 2. The maximum Gasteiger partial charge on any atom is 0.319 e. The molecule has 0 heterocycles. The molecule has 19 heavy (non-hydrogen) atoms. The summed E-state index contributed by atoms with van der Waals surface area (Å²) in [7, 11) is 0. The molecular formula is C13H16BrFN2O2. The molecule has 1 fully saturated rings. The second kappa shape index (κ2) is 6.34. The summed E-state index contributed by atoms with van der Waals surface area (Å²) in [5.41, 5.74) is 0.378. The Bertz CT molecular complexity index is 470. The van der Waals surface area contributed by atoms with Gasteiger partial charge in [-0.1, -0.05) is 12.8 Å². The Morgan fingerprint density at radius 1 is 1.37 bits per heavy atom. The number of halogens is 2. The molecule has 1 aliphatic carbocycles. The van der Waals surface area contributed by atoms with Gasteiger partial charge >= 0.3 is 6.03 Å². The minimum absolute atomic E-state index is 0.228. The van der Waals surface area contributed by atoms with Crippen LogP contribution in [0.5, 0.6) is 0 Å². The van der Waals surface area contributed by atoms with E-state index in [-0.39, 0.29) is 6.04 Å². The van der Waals surface area contributed by atoms with Crippen LogP contribution in [-0.4, -0.2) is 23.3 Å². The van der Waals surface area contributed by atoms with Gasteiger partial charge in [0.2, 0.25) is 0 Å². The van der Waals surface area contributed by atoms with Gasteiger partial charge in [0.15, 0.2) is 0 Å². The fraction of sp³-hybridized carbons (Fsp3) is 0.462. The average Bonchev–Trinajstić information content (AvgIpc) is 2.37. The fourth-order valence-corrected chi connectivity index (χ4v) is 2.44. The van der Waals surface area contributed by atoms with Gasteiger partial charge < -0.3 is 15.7 Å². The topological polar surface area (TPSA) is 61.4 Å². The van der Waals surface area contributed by atoms with Crippen molar-refractivity contribution in [3.05, 3.63) is 28.5 Å². The lowest BCUT2D eigenvalue weighted by Gasteiger charge is -2.28. The first-order chi connectivity index (χ1) is 9.06. The van der Waals surface area contributed by atoms with Gasteiger partial charge in [0.25, 0.3) is 0 Å². The van der Waals surface area contributed by atoms with Crippen molar-refractivity contribution in [1.29, 1.82) is 0 Å². The van der Waals surface area contributed by atoms with Gasteiger partial charge in [0.1, 0.15) is 5.82 Å². The van der Waals surface area contributed by atoms with Gasteiger partial charge in [-0.3, -0.25) is 0 Å². The van der Waals surface area contributed by atoms with Gasteiger partial charge in [-0.2, -0.15) is 0 Å². The Morgan fingerprint density at radius 3 is 2.79 bits per heavy atom. The van der Waals surface area contributed by atoms with E-state index in [1.807, 2.05) is 0 Å². The molecule has 1 saturated carbocycles. The number of aliphatic hydroxyl groups is 1. The summed E-state index contributed by atoms with van der Waals surface area (Å²) in [5.74, 6) is -0.435. The summed E-state index contributed by atoms with van der Waals surface area (Å²) in [6.45, 7) is 0. The highest BCUT2D eigenvalue weighted by Crippen LogP contribution is 2.20. The predicted molar refractivity (Wildman–Crippen MR) is 74.5 cm³/mol. The van der Waals surface area contributed by atoms with Gasteiger partial charge in [0.05, 0.1) is 16.6 Å². The van der Waals surface area contributed by atoms with Crippen LogP contribution in [0.3, 0.4) is 0 Å². The third kappa shape index (κ3) is 3.91. The minimum Gasteiger partial charge on any atom is -0.391 e. The van der Waals surface area contributed by atoms with Crippen LogP contribution in [0.1, 0.15) is 25.7 Å². The Morgan fingerprint density at radius 2 is 2.11 bits per heavy atom. The summed E-state index contributed by atoms with van der Waals surface area (Å²) in [6, 6.07) is 3.72. The maximum absolute atomic E-state index is 13.3. The number of hydrogen-bond donors (Lipinski definition) is 3. The lowest BCUT2D eigenvalue weighted by molar-refractivity contribution is 0.0955. The third-order valence-electron chi connectivity index (χ3n) is 3.22. The van der Waals surface area contributed by atoms with Crippen molar-refractivity contribution in [3.8, 4) is 0 Å². The number of aliphatic hydroxyl groups excluding tert-OH is 1. The number of benzene rings is 1. The monoisotopic (exact) mass is 330 g/mol. The van der Waals surface area contributed by atoms with Gasteiger partial charge in [-0.25, -0.2) is 9.18 Å². The average molecular weight is 331 g/mol. The van der Waals surface area contributed by atoms with Crippen molar-refractivity contribution in [2.45, 2.75) is 37.8 Å². The molecule has 0 aromatic heterocycles. The van der Waals surface area contributed by atoms with Crippen molar-refractivity contribution in [2.75, 3.05) is 5.32 Å². The van der Waals surface area contributed by atoms with Gasteiger partial charge in [-0.15, -0.1) is 0 Å². The van der Waals surface area contributed by atoms with Gasteiger partial charge in [0, 0.05) is 5.69 Å². The SMILES string of the molecule is O=C(Nc1ccc(Br)c(F)c1)NC1CCCCC1O. The normalized spacial score (nSPS) is 22.9. The summed E-state index contributed by atoms with van der Waals surface area (Å²) >= 11 is 3.05. The van der Waals surface area contributed by atoms with Crippen LogP contribution in [-0.2, 0) is 0 Å². The summed E-state index contributed by atoms with van der Waals surface area (Å²) in [6.07, 6.45) is 2.95. The van der Waals surface area contributed by atoms with Crippen molar-refractivity contribution in [1.82, 2.24) is 5.32 Å². The third-order valence-corrected chi connectivity index (χ3v) is 3.87. The molecule has 2 atom stereocenters. The molecule has 4 nitrogen and oxygen atoms in total. The summed E-state index contributed by atoms with van der Waals surface area (Å²) < 4.78 is 13.6. The smallest absolute Gasteiger partial charge is 0.319 e. The molecule has 1 aliphatic rings. The van der Waals surface area contributed by atoms with E-state index in [2.05, 4.69) is 26.6 Å². The van der Waals surface area contributed by atoms with Crippen LogP contribution in [0.4, 0.5) is 14.9 Å². The quantitative estimate of drug-likeness (QED) is 0.780. The van der Waals surface area contributed by atoms with Crippen LogP contribution in [0.2, 0.25) is 0 Å². The molecule has 0 aliphatic heterocycles. The Kier molecular flexibility index (Phi) is 4.76. The zero-order chi connectivity index (χ0) is 13.8. The van der Waals surface area contributed by atoms with Crippen LogP contribution in [0.25, 0.3) is 0 Å². The molecule has 0 bridgehead atoms. The second-order valence-electron chi connectivity index (χ2n) is 4.69. The predicted octanol–water partition coefficient (Wildman–Crippen LogP) is 3.01. The molecule has 104 valence electrons. The molecule has 2 amide bonds. The highest BCUT2D eigenvalue weighted by atomic mass is 79.9. The minimum atomic E-state index is -0.499. The van der Waals surface area contributed by atoms with E-state index >= 15 is 0 Å². The molecule has 1 aromatic rings. The Labute approximate surface area is 119 Å². The number of amides is 2. The van der Waals surface area contributed by atoms with E-state index in [1.54, 1.807) is 6.07 Å². The highest BCUT2D eigenvalue weighted by Gasteiger charge is 2.24. The number of carbonyl (C=O) groups is 1. The first-order valence-corrected chi connectivity index (χ1v) is 7.06. The number of carbonyl (C=O) groups excluding carboxylic acids is 1. The van der Waals surface area contributed by atoms with Crippen LogP contribution >= 0.6 is 15.9 Å². The number of urea groups is 1. The highest BCUT2D eigenvalue weighted by molar-refractivity contribution is 9.10. The van der Waals surface area contributed by atoms with Crippen molar-refractivity contribution in [2.24, 2.45) is 0 Å². The Hall–Kier alpha value is -1.14. The van der Waals surface area contributed by atoms with Crippen LogP contribution in [0, 0.1) is 5.82 Å². The largest absolute Gasteiger partial charge is 0.391 e. The zero-order valence-corrected chi connectivity index (χ0v) is 11.9. The van der Waals surface area contributed by atoms with Crippen molar-refractivity contribution in [3.63, 3.8) is 0 Å². The van der Waals surface area contributed by atoms with E-state index in [4.69, 9.17) is 0 Å². The van der Waals surface area contributed by atoms with Gasteiger partial charge in [-0.05, 0) is 47.0 Å². The number of nitrogens with one attached hydrogen (secondary N) is 2. The van der Waals surface area contributed by atoms with E-state index in [1.165, 1.54) is 12.1 Å². The maximum atomic E-state index is 13.3. The molecular weight excluding hydrogens is 315 g/mol. The molecule has 2 rings (SSSR count). The van der Waals surface area contributed by atoms with Crippen molar-refractivity contribution < 1.29 is 14.3 Å². The summed E-state index contributed by atoms with van der Waals surface area (Å²) in [5, 5.41) is 15.0. The van der Waals surface area contributed by atoms with Crippen molar-refractivity contribution >= 4 is 27.6 Å². The fourth-order valence-electron chi connectivity index (χ4n) is 2.19. The summed E-state index contributed by atoms with van der Waals surface area (Å²) in [4.78, 5) is 11.8. The molecule has 0 saturated heterocycles. The molecule has 1 aromatic carbocycles. The second-order valence-corrected chi connectivity index (χ2v) is 5.54.